The summed E-state index contributed by atoms with van der Waals surface area (Å²) in [6.07, 6.45) is 0.650. The number of anilines is 1. The van der Waals surface area contributed by atoms with Gasteiger partial charge in [0.1, 0.15) is 5.75 Å². The first-order chi connectivity index (χ1) is 14.9. The van der Waals surface area contributed by atoms with E-state index in [-0.39, 0.29) is 22.8 Å². The van der Waals surface area contributed by atoms with Crippen molar-refractivity contribution in [3.63, 3.8) is 0 Å². The zero-order valence-corrected chi connectivity index (χ0v) is 19.5. The highest BCUT2D eigenvalue weighted by molar-refractivity contribution is 6.34. The Morgan fingerprint density at radius 3 is 2.35 bits per heavy atom. The van der Waals surface area contributed by atoms with Crippen LogP contribution in [0.5, 0.6) is 5.75 Å². The van der Waals surface area contributed by atoms with Crippen LogP contribution in [0.2, 0.25) is 5.02 Å². The summed E-state index contributed by atoms with van der Waals surface area (Å²) in [5, 5.41) is 6.07. The Morgan fingerprint density at radius 1 is 1.10 bits per heavy atom. The van der Waals surface area contributed by atoms with Crippen LogP contribution >= 0.6 is 11.6 Å². The minimum Gasteiger partial charge on any atom is -0.496 e. The molecule has 1 atom stereocenters. The molecule has 0 aliphatic heterocycles. The topological polar surface area (TPSA) is 70.7 Å². The summed E-state index contributed by atoms with van der Waals surface area (Å²) in [7, 11) is 1.49. The van der Waals surface area contributed by atoms with Gasteiger partial charge in [0.2, 0.25) is 5.91 Å². The number of nitrogens with one attached hydrogen (secondary N) is 2. The zero-order valence-electron chi connectivity index (χ0n) is 18.7. The molecule has 0 heterocycles. The second kappa shape index (κ2) is 12.3. The molecule has 31 heavy (non-hydrogen) atoms. The van der Waals surface area contributed by atoms with Gasteiger partial charge in [-0.2, -0.15) is 0 Å². The van der Waals surface area contributed by atoms with E-state index < -0.39 is 0 Å². The van der Waals surface area contributed by atoms with Crippen molar-refractivity contribution in [1.29, 1.82) is 0 Å². The van der Waals surface area contributed by atoms with Gasteiger partial charge in [0, 0.05) is 19.2 Å². The maximum atomic E-state index is 12.9. The van der Waals surface area contributed by atoms with E-state index in [1.807, 2.05) is 37.3 Å². The number of nitrogens with zero attached hydrogens (tertiary/aromatic N) is 1. The summed E-state index contributed by atoms with van der Waals surface area (Å²) in [5.74, 6) is -0.368. The van der Waals surface area contributed by atoms with Crippen molar-refractivity contribution in [2.75, 3.05) is 38.6 Å². The SMILES string of the molecule is CCC(C(=O)Nc1cc(OC)c(C(=O)NCCN(CC)CC)cc1Cl)c1ccccc1. The largest absolute Gasteiger partial charge is 0.496 e. The Kier molecular flexibility index (Phi) is 9.82. The van der Waals surface area contributed by atoms with Crippen LogP contribution in [0.3, 0.4) is 0 Å². The number of benzene rings is 2. The number of halogens is 1. The molecular formula is C24H32ClN3O3. The number of ether oxygens (including phenoxy) is 1. The number of carbonyl (C=O) groups excluding carboxylic acids is 2. The molecule has 2 aromatic rings. The van der Waals surface area contributed by atoms with Crippen molar-refractivity contribution >= 4 is 29.1 Å². The molecule has 0 fully saturated rings. The molecule has 0 aromatic heterocycles. The summed E-state index contributed by atoms with van der Waals surface area (Å²) >= 11 is 6.41. The predicted molar refractivity (Wildman–Crippen MR) is 126 cm³/mol. The third kappa shape index (κ3) is 6.71. The lowest BCUT2D eigenvalue weighted by molar-refractivity contribution is -0.117. The molecule has 7 heteroatoms. The highest BCUT2D eigenvalue weighted by Crippen LogP contribution is 2.32. The van der Waals surface area contributed by atoms with E-state index in [9.17, 15) is 9.59 Å². The van der Waals surface area contributed by atoms with E-state index in [0.717, 1.165) is 25.2 Å². The number of amides is 2. The van der Waals surface area contributed by atoms with Crippen molar-refractivity contribution in [1.82, 2.24) is 10.2 Å². The molecule has 2 aromatic carbocycles. The van der Waals surface area contributed by atoms with Gasteiger partial charge in [-0.15, -0.1) is 0 Å². The molecule has 0 spiro atoms. The third-order valence-electron chi connectivity index (χ3n) is 5.33. The minimum absolute atomic E-state index is 0.158. The zero-order chi connectivity index (χ0) is 22.8. The quantitative estimate of drug-likeness (QED) is 0.532. The fraction of sp³-hybridized carbons (Fsp3) is 0.417. The molecule has 0 saturated heterocycles. The number of methoxy groups -OCH3 is 1. The van der Waals surface area contributed by atoms with Gasteiger partial charge in [-0.25, -0.2) is 0 Å². The first-order valence-electron chi connectivity index (χ1n) is 10.7. The van der Waals surface area contributed by atoms with Crippen molar-refractivity contribution in [3.05, 3.63) is 58.6 Å². The Morgan fingerprint density at radius 2 is 1.77 bits per heavy atom. The molecule has 2 N–H and O–H groups in total. The van der Waals surface area contributed by atoms with Crippen LogP contribution in [-0.4, -0.2) is 50.0 Å². The molecule has 0 aliphatic carbocycles. The molecule has 2 rings (SSSR count). The number of hydrogen-bond acceptors (Lipinski definition) is 4. The van der Waals surface area contributed by atoms with Crippen molar-refractivity contribution in [2.24, 2.45) is 0 Å². The number of hydrogen-bond donors (Lipinski definition) is 2. The van der Waals surface area contributed by atoms with Crippen LogP contribution < -0.4 is 15.4 Å². The molecule has 0 aliphatic rings. The summed E-state index contributed by atoms with van der Waals surface area (Å²) in [6.45, 7) is 9.28. The Balaban J connectivity index is 2.14. The van der Waals surface area contributed by atoms with Gasteiger partial charge in [0.05, 0.1) is 29.3 Å². The van der Waals surface area contributed by atoms with Crippen LogP contribution in [-0.2, 0) is 4.79 Å². The van der Waals surface area contributed by atoms with Gasteiger partial charge < -0.3 is 20.3 Å². The van der Waals surface area contributed by atoms with Crippen LogP contribution in [0.15, 0.2) is 42.5 Å². The van der Waals surface area contributed by atoms with Crippen LogP contribution in [0, 0.1) is 0 Å². The molecule has 6 nitrogen and oxygen atoms in total. The summed E-state index contributed by atoms with van der Waals surface area (Å²) < 4.78 is 5.40. The number of carbonyl (C=O) groups is 2. The van der Waals surface area contributed by atoms with Crippen molar-refractivity contribution in [2.45, 2.75) is 33.1 Å². The second-order valence-corrected chi connectivity index (χ2v) is 7.58. The number of rotatable bonds is 11. The van der Waals surface area contributed by atoms with E-state index in [2.05, 4.69) is 29.4 Å². The van der Waals surface area contributed by atoms with Crippen LogP contribution in [0.4, 0.5) is 5.69 Å². The molecule has 1 unspecified atom stereocenters. The predicted octanol–water partition coefficient (Wildman–Crippen LogP) is 4.55. The lowest BCUT2D eigenvalue weighted by Crippen LogP contribution is -2.35. The average Bonchev–Trinajstić information content (AvgIpc) is 2.79. The average molecular weight is 446 g/mol. The van der Waals surface area contributed by atoms with E-state index in [1.54, 1.807) is 6.07 Å². The Hall–Kier alpha value is -2.57. The fourth-order valence-electron chi connectivity index (χ4n) is 3.44. The minimum atomic E-state index is -0.300. The molecule has 0 saturated carbocycles. The molecular weight excluding hydrogens is 414 g/mol. The summed E-state index contributed by atoms with van der Waals surface area (Å²) in [4.78, 5) is 27.8. The fourth-order valence-corrected chi connectivity index (χ4v) is 3.65. The summed E-state index contributed by atoms with van der Waals surface area (Å²) in [5.41, 5.74) is 1.69. The van der Waals surface area contributed by atoms with Gasteiger partial charge in [-0.1, -0.05) is 62.7 Å². The molecule has 0 radical (unpaired) electrons. The van der Waals surface area contributed by atoms with E-state index in [0.29, 0.717) is 30.0 Å². The highest BCUT2D eigenvalue weighted by Gasteiger charge is 2.21. The van der Waals surface area contributed by atoms with Crippen molar-refractivity contribution in [3.8, 4) is 5.75 Å². The molecule has 0 bridgehead atoms. The van der Waals surface area contributed by atoms with Gasteiger partial charge in [0.25, 0.3) is 5.91 Å². The number of likely N-dealkylation sites (N-methyl/N-ethyl adjacent to an activating group) is 1. The first kappa shape index (κ1) is 24.7. The Bertz CT molecular complexity index is 870. The maximum absolute atomic E-state index is 12.9. The highest BCUT2D eigenvalue weighted by atomic mass is 35.5. The monoisotopic (exact) mass is 445 g/mol. The third-order valence-corrected chi connectivity index (χ3v) is 5.64. The van der Waals surface area contributed by atoms with Crippen LogP contribution in [0.1, 0.15) is 49.0 Å². The summed E-state index contributed by atoms with van der Waals surface area (Å²) in [6, 6.07) is 12.7. The van der Waals surface area contributed by atoms with Gasteiger partial charge in [-0.3, -0.25) is 9.59 Å². The van der Waals surface area contributed by atoms with E-state index >= 15 is 0 Å². The van der Waals surface area contributed by atoms with E-state index in [4.69, 9.17) is 16.3 Å². The maximum Gasteiger partial charge on any atom is 0.255 e. The first-order valence-corrected chi connectivity index (χ1v) is 11.1. The normalized spacial score (nSPS) is 11.8. The molecule has 168 valence electrons. The lowest BCUT2D eigenvalue weighted by atomic mass is 9.95. The van der Waals surface area contributed by atoms with Gasteiger partial charge >= 0.3 is 0 Å². The van der Waals surface area contributed by atoms with Crippen molar-refractivity contribution < 1.29 is 14.3 Å². The lowest BCUT2D eigenvalue weighted by Gasteiger charge is -2.19. The van der Waals surface area contributed by atoms with Gasteiger partial charge in [-0.05, 0) is 31.1 Å². The second-order valence-electron chi connectivity index (χ2n) is 7.18. The molecule has 2 amide bonds. The van der Waals surface area contributed by atoms with Gasteiger partial charge in [0.15, 0.2) is 0 Å². The smallest absolute Gasteiger partial charge is 0.255 e. The Labute approximate surface area is 189 Å². The van der Waals surface area contributed by atoms with E-state index in [1.165, 1.54) is 13.2 Å². The van der Waals surface area contributed by atoms with Crippen LogP contribution in [0.25, 0.3) is 0 Å². The standard InChI is InChI=1S/C24H32ClN3O3/c1-5-18(17-11-9-8-10-12-17)24(30)27-21-16-22(31-4)19(15-20(21)25)23(29)26-13-14-28(6-2)7-3/h8-12,15-16,18H,5-7,13-14H2,1-4H3,(H,26,29)(H,27,30).